The van der Waals surface area contributed by atoms with Crippen molar-refractivity contribution < 1.29 is 0 Å². The standard InChI is InChI=1S/C15H13N3/c1-10-8-15(16)17-9-12(10)14-7-6-11-4-2-3-5-13(11)18-14/h2-9H,1H3,(H2,16,17). The van der Waals surface area contributed by atoms with Crippen molar-refractivity contribution >= 4 is 16.7 Å². The van der Waals surface area contributed by atoms with Crippen LogP contribution < -0.4 is 5.73 Å². The molecule has 3 aromatic rings. The fraction of sp³-hybridized carbons (Fsp3) is 0.0667. The molecule has 0 amide bonds. The summed E-state index contributed by atoms with van der Waals surface area (Å²) in [4.78, 5) is 8.79. The van der Waals surface area contributed by atoms with E-state index in [2.05, 4.69) is 22.1 Å². The predicted octanol–water partition coefficient (Wildman–Crippen LogP) is 3.19. The van der Waals surface area contributed by atoms with Gasteiger partial charge in [-0.2, -0.15) is 0 Å². The molecular weight excluding hydrogens is 222 g/mol. The van der Waals surface area contributed by atoms with Crippen molar-refractivity contribution in [1.82, 2.24) is 9.97 Å². The smallest absolute Gasteiger partial charge is 0.123 e. The minimum atomic E-state index is 0.539. The number of fused-ring (bicyclic) bond motifs is 1. The Labute approximate surface area is 105 Å². The van der Waals surface area contributed by atoms with E-state index in [-0.39, 0.29) is 0 Å². The molecule has 0 saturated carbocycles. The lowest BCUT2D eigenvalue weighted by atomic mass is 10.1. The normalized spacial score (nSPS) is 10.7. The van der Waals surface area contributed by atoms with Gasteiger partial charge in [0.15, 0.2) is 0 Å². The van der Waals surface area contributed by atoms with Crippen LogP contribution in [0.1, 0.15) is 5.56 Å². The fourth-order valence-corrected chi connectivity index (χ4v) is 2.06. The van der Waals surface area contributed by atoms with Gasteiger partial charge in [0.2, 0.25) is 0 Å². The van der Waals surface area contributed by atoms with Crippen LogP contribution in [0.2, 0.25) is 0 Å². The first-order valence-corrected chi connectivity index (χ1v) is 5.82. The zero-order valence-corrected chi connectivity index (χ0v) is 10.1. The molecule has 2 N–H and O–H groups in total. The highest BCUT2D eigenvalue weighted by atomic mass is 14.8. The third kappa shape index (κ3) is 1.80. The van der Waals surface area contributed by atoms with Gasteiger partial charge in [0.25, 0.3) is 0 Å². The first-order chi connectivity index (χ1) is 8.74. The minimum Gasteiger partial charge on any atom is -0.384 e. The lowest BCUT2D eigenvalue weighted by Crippen LogP contribution is -1.94. The highest BCUT2D eigenvalue weighted by Crippen LogP contribution is 2.24. The molecule has 0 bridgehead atoms. The summed E-state index contributed by atoms with van der Waals surface area (Å²) in [5.74, 6) is 0.539. The number of para-hydroxylation sites is 1. The van der Waals surface area contributed by atoms with E-state index in [0.717, 1.165) is 27.7 Å². The number of anilines is 1. The number of nitrogen functional groups attached to an aromatic ring is 1. The zero-order valence-electron chi connectivity index (χ0n) is 10.1. The highest BCUT2D eigenvalue weighted by Gasteiger charge is 2.05. The minimum absolute atomic E-state index is 0.539. The number of hydrogen-bond acceptors (Lipinski definition) is 3. The summed E-state index contributed by atoms with van der Waals surface area (Å²) >= 11 is 0. The molecule has 0 spiro atoms. The quantitative estimate of drug-likeness (QED) is 0.704. The van der Waals surface area contributed by atoms with Gasteiger partial charge < -0.3 is 5.73 Å². The largest absolute Gasteiger partial charge is 0.384 e. The maximum atomic E-state index is 5.66. The van der Waals surface area contributed by atoms with Gasteiger partial charge in [0.05, 0.1) is 11.2 Å². The number of rotatable bonds is 1. The Bertz CT molecular complexity index is 720. The molecule has 18 heavy (non-hydrogen) atoms. The number of nitrogens with zero attached hydrogens (tertiary/aromatic N) is 2. The molecule has 0 aliphatic heterocycles. The number of hydrogen-bond donors (Lipinski definition) is 1. The van der Waals surface area contributed by atoms with Crippen LogP contribution in [-0.2, 0) is 0 Å². The second kappa shape index (κ2) is 4.11. The van der Waals surface area contributed by atoms with Crippen LogP contribution in [0.15, 0.2) is 48.7 Å². The van der Waals surface area contributed by atoms with E-state index in [1.807, 2.05) is 37.3 Å². The van der Waals surface area contributed by atoms with Crippen molar-refractivity contribution in [2.75, 3.05) is 5.73 Å². The van der Waals surface area contributed by atoms with E-state index >= 15 is 0 Å². The van der Waals surface area contributed by atoms with Crippen LogP contribution in [0.3, 0.4) is 0 Å². The molecule has 1 aromatic carbocycles. The number of nitrogens with two attached hydrogens (primary N) is 1. The lowest BCUT2D eigenvalue weighted by molar-refractivity contribution is 1.27. The number of aryl methyl sites for hydroxylation is 1. The number of benzene rings is 1. The number of pyridine rings is 2. The second-order valence-electron chi connectivity index (χ2n) is 4.31. The molecule has 3 rings (SSSR count). The molecule has 0 radical (unpaired) electrons. The Morgan fingerprint density at radius 1 is 1.06 bits per heavy atom. The Morgan fingerprint density at radius 3 is 2.72 bits per heavy atom. The second-order valence-corrected chi connectivity index (χ2v) is 4.31. The van der Waals surface area contributed by atoms with E-state index in [1.165, 1.54) is 0 Å². The van der Waals surface area contributed by atoms with E-state index in [1.54, 1.807) is 6.20 Å². The first-order valence-electron chi connectivity index (χ1n) is 5.82. The van der Waals surface area contributed by atoms with Crippen LogP contribution in [0.5, 0.6) is 0 Å². The molecule has 0 aliphatic rings. The predicted molar refractivity (Wildman–Crippen MR) is 74.1 cm³/mol. The van der Waals surface area contributed by atoms with Gasteiger partial charge in [-0.05, 0) is 30.7 Å². The topological polar surface area (TPSA) is 51.8 Å². The van der Waals surface area contributed by atoms with E-state index in [9.17, 15) is 0 Å². The molecule has 3 heteroatoms. The van der Waals surface area contributed by atoms with Gasteiger partial charge in [0.1, 0.15) is 5.82 Å². The van der Waals surface area contributed by atoms with Crippen LogP contribution in [0, 0.1) is 6.92 Å². The molecule has 0 saturated heterocycles. The monoisotopic (exact) mass is 235 g/mol. The summed E-state index contributed by atoms with van der Waals surface area (Å²) < 4.78 is 0. The average Bonchev–Trinajstić information content (AvgIpc) is 2.38. The summed E-state index contributed by atoms with van der Waals surface area (Å²) in [6.45, 7) is 2.02. The molecule has 0 unspecified atom stereocenters. The Morgan fingerprint density at radius 2 is 1.89 bits per heavy atom. The maximum absolute atomic E-state index is 5.66. The van der Waals surface area contributed by atoms with Crippen LogP contribution in [-0.4, -0.2) is 9.97 Å². The lowest BCUT2D eigenvalue weighted by Gasteiger charge is -2.06. The van der Waals surface area contributed by atoms with Crippen LogP contribution in [0.25, 0.3) is 22.2 Å². The third-order valence-corrected chi connectivity index (χ3v) is 3.01. The average molecular weight is 235 g/mol. The Kier molecular flexibility index (Phi) is 2.45. The molecule has 3 nitrogen and oxygen atoms in total. The van der Waals surface area contributed by atoms with Crippen molar-refractivity contribution in [3.63, 3.8) is 0 Å². The summed E-state index contributed by atoms with van der Waals surface area (Å²) in [6, 6.07) is 14.0. The number of aromatic nitrogens is 2. The van der Waals surface area contributed by atoms with Gasteiger partial charge in [0, 0.05) is 17.1 Å². The van der Waals surface area contributed by atoms with Gasteiger partial charge in [-0.3, -0.25) is 0 Å². The molecule has 0 fully saturated rings. The summed E-state index contributed by atoms with van der Waals surface area (Å²) in [5.41, 5.74) is 9.70. The summed E-state index contributed by atoms with van der Waals surface area (Å²) in [6.07, 6.45) is 1.78. The Hall–Kier alpha value is -2.42. The van der Waals surface area contributed by atoms with Gasteiger partial charge in [-0.15, -0.1) is 0 Å². The Balaban J connectivity index is 2.19. The SMILES string of the molecule is Cc1cc(N)ncc1-c1ccc2ccccc2n1. The molecular formula is C15H13N3. The van der Waals surface area contributed by atoms with Gasteiger partial charge in [-0.1, -0.05) is 24.3 Å². The molecule has 88 valence electrons. The zero-order chi connectivity index (χ0) is 12.5. The molecule has 0 atom stereocenters. The molecule has 0 aliphatic carbocycles. The van der Waals surface area contributed by atoms with Crippen molar-refractivity contribution in [2.24, 2.45) is 0 Å². The van der Waals surface area contributed by atoms with E-state index in [4.69, 9.17) is 5.73 Å². The van der Waals surface area contributed by atoms with E-state index < -0.39 is 0 Å². The first kappa shape index (κ1) is 10.7. The van der Waals surface area contributed by atoms with E-state index in [0.29, 0.717) is 5.82 Å². The van der Waals surface area contributed by atoms with Crippen LogP contribution in [0.4, 0.5) is 5.82 Å². The molecule has 2 aromatic heterocycles. The molecule has 2 heterocycles. The van der Waals surface area contributed by atoms with Crippen molar-refractivity contribution in [3.05, 3.63) is 54.2 Å². The van der Waals surface area contributed by atoms with Gasteiger partial charge >= 0.3 is 0 Å². The third-order valence-electron chi connectivity index (χ3n) is 3.01. The fourth-order valence-electron chi connectivity index (χ4n) is 2.06. The summed E-state index contributed by atoms with van der Waals surface area (Å²) in [7, 11) is 0. The summed E-state index contributed by atoms with van der Waals surface area (Å²) in [5, 5.41) is 1.14. The van der Waals surface area contributed by atoms with Crippen molar-refractivity contribution in [1.29, 1.82) is 0 Å². The van der Waals surface area contributed by atoms with Crippen LogP contribution >= 0.6 is 0 Å². The maximum Gasteiger partial charge on any atom is 0.123 e. The highest BCUT2D eigenvalue weighted by molar-refractivity contribution is 5.81. The van der Waals surface area contributed by atoms with Crippen molar-refractivity contribution in [2.45, 2.75) is 6.92 Å². The van der Waals surface area contributed by atoms with Gasteiger partial charge in [-0.25, -0.2) is 9.97 Å². The van der Waals surface area contributed by atoms with Crippen molar-refractivity contribution in [3.8, 4) is 11.3 Å².